The molecule has 0 unspecified atom stereocenters. The standard InChI is InChI=1S/C6H5N3O2/c1-4-2-5(9-11-4)6-8-7-3-10-6/h2-3H,1H3. The Kier molecular flexibility index (Phi) is 1.21. The van der Waals surface area contributed by atoms with E-state index < -0.39 is 0 Å². The zero-order valence-corrected chi connectivity index (χ0v) is 5.81. The van der Waals surface area contributed by atoms with E-state index in [1.807, 2.05) is 0 Å². The number of nitrogens with zero attached hydrogens (tertiary/aromatic N) is 3. The first-order valence-electron chi connectivity index (χ1n) is 3.06. The molecule has 11 heavy (non-hydrogen) atoms. The van der Waals surface area contributed by atoms with Crippen molar-refractivity contribution >= 4 is 0 Å². The van der Waals surface area contributed by atoms with Crippen molar-refractivity contribution in [3.05, 3.63) is 18.2 Å². The number of aromatic nitrogens is 3. The lowest BCUT2D eigenvalue weighted by Gasteiger charge is -1.78. The van der Waals surface area contributed by atoms with Gasteiger partial charge in [0.15, 0.2) is 5.69 Å². The Bertz CT molecular complexity index is 338. The lowest BCUT2D eigenvalue weighted by molar-refractivity contribution is 0.397. The van der Waals surface area contributed by atoms with E-state index in [-0.39, 0.29) is 0 Å². The Labute approximate surface area is 62.0 Å². The highest BCUT2D eigenvalue weighted by atomic mass is 16.5. The van der Waals surface area contributed by atoms with Gasteiger partial charge in [-0.3, -0.25) is 0 Å². The van der Waals surface area contributed by atoms with Crippen LogP contribution in [0.2, 0.25) is 0 Å². The Morgan fingerprint density at radius 3 is 2.91 bits per heavy atom. The van der Waals surface area contributed by atoms with E-state index in [9.17, 15) is 0 Å². The Hall–Kier alpha value is -1.65. The highest BCUT2D eigenvalue weighted by Crippen LogP contribution is 2.14. The number of aryl methyl sites for hydroxylation is 1. The van der Waals surface area contributed by atoms with Crippen LogP contribution in [0.5, 0.6) is 0 Å². The molecule has 0 saturated heterocycles. The molecule has 0 N–H and O–H groups in total. The summed E-state index contributed by atoms with van der Waals surface area (Å²) in [5.74, 6) is 1.10. The van der Waals surface area contributed by atoms with E-state index in [1.54, 1.807) is 13.0 Å². The molecule has 0 bridgehead atoms. The molecule has 5 heteroatoms. The summed E-state index contributed by atoms with van der Waals surface area (Å²) in [6.45, 7) is 1.80. The predicted molar refractivity (Wildman–Crippen MR) is 34.5 cm³/mol. The zero-order valence-electron chi connectivity index (χ0n) is 5.81. The van der Waals surface area contributed by atoms with Gasteiger partial charge in [-0.2, -0.15) is 0 Å². The minimum absolute atomic E-state index is 0.377. The largest absolute Gasteiger partial charge is 0.422 e. The van der Waals surface area contributed by atoms with Gasteiger partial charge in [-0.25, -0.2) is 0 Å². The first kappa shape index (κ1) is 6.09. The SMILES string of the molecule is Cc1cc(-c2nnco2)no1. The van der Waals surface area contributed by atoms with E-state index >= 15 is 0 Å². The van der Waals surface area contributed by atoms with Crippen LogP contribution in [0.4, 0.5) is 0 Å². The quantitative estimate of drug-likeness (QED) is 0.609. The van der Waals surface area contributed by atoms with Gasteiger partial charge in [0.2, 0.25) is 6.39 Å². The summed E-state index contributed by atoms with van der Waals surface area (Å²) in [7, 11) is 0. The minimum Gasteiger partial charge on any atom is -0.422 e. The Balaban J connectivity index is 2.45. The molecule has 0 fully saturated rings. The third kappa shape index (κ3) is 1.000. The van der Waals surface area contributed by atoms with Gasteiger partial charge in [0.05, 0.1) is 0 Å². The lowest BCUT2D eigenvalue weighted by Crippen LogP contribution is -1.75. The second-order valence-corrected chi connectivity index (χ2v) is 2.07. The van der Waals surface area contributed by atoms with E-state index in [0.29, 0.717) is 11.6 Å². The Morgan fingerprint density at radius 2 is 2.36 bits per heavy atom. The van der Waals surface area contributed by atoms with Crippen LogP contribution in [0.25, 0.3) is 11.6 Å². The molecule has 2 rings (SSSR count). The zero-order chi connectivity index (χ0) is 7.68. The molecule has 0 saturated carbocycles. The summed E-state index contributed by atoms with van der Waals surface area (Å²) in [5.41, 5.74) is 0.569. The van der Waals surface area contributed by atoms with Crippen molar-refractivity contribution in [3.63, 3.8) is 0 Å². The maximum atomic E-state index is 4.89. The van der Waals surface area contributed by atoms with Crippen molar-refractivity contribution in [2.24, 2.45) is 0 Å². The monoisotopic (exact) mass is 151 g/mol. The minimum atomic E-state index is 0.377. The molecule has 0 aromatic carbocycles. The molecule has 0 aliphatic carbocycles. The first-order valence-corrected chi connectivity index (χ1v) is 3.06. The summed E-state index contributed by atoms with van der Waals surface area (Å²) in [4.78, 5) is 0. The normalized spacial score (nSPS) is 10.3. The number of rotatable bonds is 1. The van der Waals surface area contributed by atoms with Crippen LogP contribution >= 0.6 is 0 Å². The predicted octanol–water partition coefficient (Wildman–Crippen LogP) is 1.03. The number of hydrogen-bond donors (Lipinski definition) is 0. The third-order valence-electron chi connectivity index (χ3n) is 1.21. The van der Waals surface area contributed by atoms with Gasteiger partial charge in [0.25, 0.3) is 5.89 Å². The average Bonchev–Trinajstić information content (AvgIpc) is 2.55. The third-order valence-corrected chi connectivity index (χ3v) is 1.21. The van der Waals surface area contributed by atoms with Crippen molar-refractivity contribution in [1.82, 2.24) is 15.4 Å². The summed E-state index contributed by atoms with van der Waals surface area (Å²) in [6, 6.07) is 1.73. The average molecular weight is 151 g/mol. The van der Waals surface area contributed by atoms with Crippen LogP contribution in [-0.4, -0.2) is 15.4 Å². The molecule has 0 aliphatic heterocycles. The second-order valence-electron chi connectivity index (χ2n) is 2.07. The molecule has 56 valence electrons. The van der Waals surface area contributed by atoms with E-state index in [0.717, 1.165) is 5.76 Å². The van der Waals surface area contributed by atoms with Crippen LogP contribution in [-0.2, 0) is 0 Å². The topological polar surface area (TPSA) is 65.0 Å². The molecule has 5 nitrogen and oxygen atoms in total. The molecule has 2 aromatic rings. The molecule has 2 heterocycles. The fourth-order valence-corrected chi connectivity index (χ4v) is 0.752. The molecule has 0 aliphatic rings. The number of hydrogen-bond acceptors (Lipinski definition) is 5. The highest BCUT2D eigenvalue weighted by Gasteiger charge is 2.07. The van der Waals surface area contributed by atoms with Crippen molar-refractivity contribution in [2.75, 3.05) is 0 Å². The summed E-state index contributed by atoms with van der Waals surface area (Å²) in [6.07, 6.45) is 1.25. The van der Waals surface area contributed by atoms with Crippen molar-refractivity contribution in [1.29, 1.82) is 0 Å². The highest BCUT2D eigenvalue weighted by molar-refractivity contribution is 5.44. The van der Waals surface area contributed by atoms with Crippen LogP contribution in [0, 0.1) is 6.92 Å². The van der Waals surface area contributed by atoms with Gasteiger partial charge >= 0.3 is 0 Å². The fourth-order valence-electron chi connectivity index (χ4n) is 0.752. The maximum Gasteiger partial charge on any atom is 0.269 e. The van der Waals surface area contributed by atoms with Crippen LogP contribution in [0.15, 0.2) is 21.4 Å². The summed E-state index contributed by atoms with van der Waals surface area (Å²) in [5, 5.41) is 10.9. The smallest absolute Gasteiger partial charge is 0.269 e. The molecular weight excluding hydrogens is 146 g/mol. The second kappa shape index (κ2) is 2.19. The van der Waals surface area contributed by atoms with E-state index in [4.69, 9.17) is 8.94 Å². The van der Waals surface area contributed by atoms with Crippen molar-refractivity contribution < 1.29 is 8.94 Å². The van der Waals surface area contributed by atoms with Crippen LogP contribution in [0.3, 0.4) is 0 Å². The van der Waals surface area contributed by atoms with E-state index in [2.05, 4.69) is 15.4 Å². The maximum absolute atomic E-state index is 4.89. The molecule has 2 aromatic heterocycles. The van der Waals surface area contributed by atoms with Gasteiger partial charge in [0, 0.05) is 6.07 Å². The van der Waals surface area contributed by atoms with Crippen LogP contribution in [0.1, 0.15) is 5.76 Å². The fraction of sp³-hybridized carbons (Fsp3) is 0.167. The lowest BCUT2D eigenvalue weighted by atomic mass is 10.4. The van der Waals surface area contributed by atoms with E-state index in [1.165, 1.54) is 6.39 Å². The Morgan fingerprint density at radius 1 is 1.45 bits per heavy atom. The molecule has 0 spiro atoms. The van der Waals surface area contributed by atoms with Gasteiger partial charge in [-0.05, 0) is 6.92 Å². The summed E-state index contributed by atoms with van der Waals surface area (Å²) >= 11 is 0. The molecule has 0 radical (unpaired) electrons. The van der Waals surface area contributed by atoms with Gasteiger partial charge in [-0.1, -0.05) is 5.16 Å². The van der Waals surface area contributed by atoms with Gasteiger partial charge < -0.3 is 8.94 Å². The van der Waals surface area contributed by atoms with Gasteiger partial charge in [0.1, 0.15) is 5.76 Å². The van der Waals surface area contributed by atoms with Gasteiger partial charge in [-0.15, -0.1) is 10.2 Å². The molecule has 0 atom stereocenters. The summed E-state index contributed by atoms with van der Waals surface area (Å²) < 4.78 is 9.70. The van der Waals surface area contributed by atoms with Crippen molar-refractivity contribution in [3.8, 4) is 11.6 Å². The van der Waals surface area contributed by atoms with Crippen molar-refractivity contribution in [2.45, 2.75) is 6.92 Å². The van der Waals surface area contributed by atoms with Crippen LogP contribution < -0.4 is 0 Å². The molecule has 0 amide bonds. The first-order chi connectivity index (χ1) is 5.36. The molecular formula is C6H5N3O2.